The van der Waals surface area contributed by atoms with Crippen LogP contribution < -0.4 is 0 Å². The Bertz CT molecular complexity index is 194. The van der Waals surface area contributed by atoms with E-state index in [0.29, 0.717) is 11.8 Å². The van der Waals surface area contributed by atoms with Gasteiger partial charge in [-0.05, 0) is 19.3 Å². The third-order valence-corrected chi connectivity index (χ3v) is 4.35. The number of halogens is 1. The van der Waals surface area contributed by atoms with Crippen LogP contribution >= 0.6 is 11.6 Å². The van der Waals surface area contributed by atoms with Crippen LogP contribution in [0.2, 0.25) is 0 Å². The van der Waals surface area contributed by atoms with E-state index in [1.54, 1.807) is 0 Å². The summed E-state index contributed by atoms with van der Waals surface area (Å²) in [7, 11) is 0. The van der Waals surface area contributed by atoms with Gasteiger partial charge in [0.2, 0.25) is 0 Å². The summed E-state index contributed by atoms with van der Waals surface area (Å²) in [4.78, 5) is 10.0. The molecule has 0 fully saturated rings. The Kier molecular flexibility index (Phi) is 17.0. The monoisotopic (exact) mass is 301 g/mol. The van der Waals surface area contributed by atoms with Gasteiger partial charge in [-0.2, -0.15) is 0 Å². The van der Waals surface area contributed by atoms with Crippen molar-refractivity contribution in [2.75, 3.05) is 0 Å². The second-order valence-corrected chi connectivity index (χ2v) is 6.58. The molecule has 0 N–H and O–H groups in total. The van der Waals surface area contributed by atoms with Gasteiger partial charge in [-0.15, -0.1) is 11.6 Å². The minimum absolute atomic E-state index is 0.409. The third-order valence-electron chi connectivity index (χ3n) is 3.92. The zero-order valence-electron chi connectivity index (χ0n) is 13.5. The molecule has 0 aromatic carbocycles. The SMILES string of the molecule is CCCCCCC(Cl)CCCCCCCCCC[C]=O. The Balaban J connectivity index is 3.09. The lowest BCUT2D eigenvalue weighted by molar-refractivity contribution is 0.529. The number of hydrogen-bond donors (Lipinski definition) is 0. The van der Waals surface area contributed by atoms with Crippen LogP contribution in [0.5, 0.6) is 0 Å². The number of carbonyl (C=O) groups excluding carboxylic acids is 1. The van der Waals surface area contributed by atoms with Gasteiger partial charge in [-0.3, -0.25) is 4.79 Å². The quantitative estimate of drug-likeness (QED) is 0.232. The molecule has 119 valence electrons. The van der Waals surface area contributed by atoms with Crippen molar-refractivity contribution < 1.29 is 4.79 Å². The van der Waals surface area contributed by atoms with Crippen molar-refractivity contribution in [3.63, 3.8) is 0 Å². The normalized spacial score (nSPS) is 12.5. The summed E-state index contributed by atoms with van der Waals surface area (Å²) in [6.45, 7) is 2.25. The second kappa shape index (κ2) is 17.0. The van der Waals surface area contributed by atoms with E-state index >= 15 is 0 Å². The molecule has 2 heteroatoms. The number of hydrogen-bond acceptors (Lipinski definition) is 1. The first-order chi connectivity index (χ1) is 9.81. The van der Waals surface area contributed by atoms with Crippen molar-refractivity contribution >= 4 is 17.9 Å². The molecule has 0 aromatic rings. The fourth-order valence-electron chi connectivity index (χ4n) is 2.56. The highest BCUT2D eigenvalue weighted by Crippen LogP contribution is 2.17. The molecular weight excluding hydrogens is 268 g/mol. The maximum absolute atomic E-state index is 10.0. The fourth-order valence-corrected chi connectivity index (χ4v) is 2.87. The van der Waals surface area contributed by atoms with Crippen molar-refractivity contribution in [2.24, 2.45) is 0 Å². The van der Waals surface area contributed by atoms with Crippen LogP contribution in [-0.4, -0.2) is 11.7 Å². The summed E-state index contributed by atoms with van der Waals surface area (Å²) in [6, 6.07) is 0. The van der Waals surface area contributed by atoms with Crippen LogP contribution in [-0.2, 0) is 4.79 Å². The summed E-state index contributed by atoms with van der Waals surface area (Å²) >= 11 is 6.34. The molecule has 0 aliphatic heterocycles. The van der Waals surface area contributed by atoms with Gasteiger partial charge in [0, 0.05) is 11.8 Å². The average molecular weight is 302 g/mol. The van der Waals surface area contributed by atoms with Gasteiger partial charge in [0.1, 0.15) is 0 Å². The van der Waals surface area contributed by atoms with Crippen molar-refractivity contribution in [1.29, 1.82) is 0 Å². The predicted octanol–water partition coefficient (Wildman–Crippen LogP) is 6.57. The molecule has 0 aliphatic rings. The Hall–Kier alpha value is -0.0400. The number of alkyl halides is 1. The summed E-state index contributed by atoms with van der Waals surface area (Å²) in [6.07, 6.45) is 20.4. The lowest BCUT2D eigenvalue weighted by atomic mass is 10.0. The van der Waals surface area contributed by atoms with Crippen LogP contribution in [0.3, 0.4) is 0 Å². The summed E-state index contributed by atoms with van der Waals surface area (Å²) < 4.78 is 0. The molecule has 0 spiro atoms. The minimum atomic E-state index is 0.409. The van der Waals surface area contributed by atoms with E-state index in [0.717, 1.165) is 6.42 Å². The van der Waals surface area contributed by atoms with Crippen LogP contribution in [0.25, 0.3) is 0 Å². The molecule has 0 bridgehead atoms. The van der Waals surface area contributed by atoms with Gasteiger partial charge >= 0.3 is 0 Å². The molecular formula is C18H34ClO. The van der Waals surface area contributed by atoms with E-state index in [1.165, 1.54) is 83.5 Å². The molecule has 0 amide bonds. The molecule has 0 aliphatic carbocycles. The average Bonchev–Trinajstić information content (AvgIpc) is 2.45. The van der Waals surface area contributed by atoms with E-state index in [4.69, 9.17) is 11.6 Å². The van der Waals surface area contributed by atoms with E-state index in [2.05, 4.69) is 6.92 Å². The number of rotatable bonds is 16. The molecule has 20 heavy (non-hydrogen) atoms. The van der Waals surface area contributed by atoms with Gasteiger partial charge in [-0.1, -0.05) is 77.6 Å². The standard InChI is InChI=1S/C18H34ClO/c1-2-3-4-12-15-18(19)16-13-10-8-6-5-7-9-11-14-17-20/h18H,2-16H2,1H3. The van der Waals surface area contributed by atoms with Gasteiger partial charge in [-0.25, -0.2) is 0 Å². The molecule has 0 heterocycles. The first kappa shape index (κ1) is 20.0. The van der Waals surface area contributed by atoms with Crippen molar-refractivity contribution in [1.82, 2.24) is 0 Å². The van der Waals surface area contributed by atoms with E-state index in [9.17, 15) is 4.79 Å². The molecule has 1 radical (unpaired) electrons. The third kappa shape index (κ3) is 16.0. The zero-order valence-corrected chi connectivity index (χ0v) is 14.2. The lowest BCUT2D eigenvalue weighted by Gasteiger charge is -2.08. The Morgan fingerprint density at radius 2 is 1.20 bits per heavy atom. The van der Waals surface area contributed by atoms with Crippen LogP contribution in [0.15, 0.2) is 0 Å². The Morgan fingerprint density at radius 3 is 1.70 bits per heavy atom. The minimum Gasteiger partial charge on any atom is -0.291 e. The highest BCUT2D eigenvalue weighted by Gasteiger charge is 2.03. The van der Waals surface area contributed by atoms with Crippen molar-refractivity contribution in [3.05, 3.63) is 0 Å². The first-order valence-corrected chi connectivity index (χ1v) is 9.24. The predicted molar refractivity (Wildman–Crippen MR) is 90.3 cm³/mol. The summed E-state index contributed by atoms with van der Waals surface area (Å²) in [5.74, 6) is 0. The maximum atomic E-state index is 10.0. The Labute approximate surface area is 131 Å². The molecule has 0 saturated carbocycles. The molecule has 1 unspecified atom stereocenters. The van der Waals surface area contributed by atoms with E-state index in [1.807, 2.05) is 6.29 Å². The molecule has 0 saturated heterocycles. The number of unbranched alkanes of at least 4 members (excludes halogenated alkanes) is 11. The topological polar surface area (TPSA) is 17.1 Å². The zero-order chi connectivity index (χ0) is 14.9. The van der Waals surface area contributed by atoms with Crippen LogP contribution in [0, 0.1) is 0 Å². The fraction of sp³-hybridized carbons (Fsp3) is 0.944. The molecule has 0 aromatic heterocycles. The Morgan fingerprint density at radius 1 is 0.750 bits per heavy atom. The highest BCUT2D eigenvalue weighted by molar-refractivity contribution is 6.20. The van der Waals surface area contributed by atoms with Crippen molar-refractivity contribution in [2.45, 2.75) is 109 Å². The van der Waals surface area contributed by atoms with Gasteiger partial charge in [0.05, 0.1) is 0 Å². The summed E-state index contributed by atoms with van der Waals surface area (Å²) in [5.41, 5.74) is 0. The largest absolute Gasteiger partial charge is 0.291 e. The second-order valence-electron chi connectivity index (χ2n) is 5.96. The van der Waals surface area contributed by atoms with Gasteiger partial charge in [0.15, 0.2) is 6.29 Å². The smallest absolute Gasteiger partial charge is 0.198 e. The van der Waals surface area contributed by atoms with Crippen LogP contribution in [0.4, 0.5) is 0 Å². The van der Waals surface area contributed by atoms with E-state index < -0.39 is 0 Å². The summed E-state index contributed by atoms with van der Waals surface area (Å²) in [5, 5.41) is 0.409. The highest BCUT2D eigenvalue weighted by atomic mass is 35.5. The molecule has 1 nitrogen and oxygen atoms in total. The maximum Gasteiger partial charge on any atom is 0.198 e. The van der Waals surface area contributed by atoms with Crippen LogP contribution in [0.1, 0.15) is 103 Å². The van der Waals surface area contributed by atoms with Crippen molar-refractivity contribution in [3.8, 4) is 0 Å². The first-order valence-electron chi connectivity index (χ1n) is 8.80. The van der Waals surface area contributed by atoms with Gasteiger partial charge < -0.3 is 0 Å². The molecule has 0 rings (SSSR count). The van der Waals surface area contributed by atoms with E-state index in [-0.39, 0.29) is 0 Å². The molecule has 1 atom stereocenters. The van der Waals surface area contributed by atoms with Gasteiger partial charge in [0.25, 0.3) is 0 Å². The lowest BCUT2D eigenvalue weighted by Crippen LogP contribution is -1.98.